The number of carbonyl (C=O) groups excluding carboxylic acids is 1. The van der Waals surface area contributed by atoms with Crippen LogP contribution >= 0.6 is 11.8 Å². The van der Waals surface area contributed by atoms with Crippen molar-refractivity contribution in [1.82, 2.24) is 5.43 Å². The number of nitrogens with one attached hydrogen (secondary N) is 1. The highest BCUT2D eigenvalue weighted by molar-refractivity contribution is 8.00. The lowest BCUT2D eigenvalue weighted by Crippen LogP contribution is -2.40. The van der Waals surface area contributed by atoms with E-state index in [1.165, 1.54) is 0 Å². The molecule has 0 bridgehead atoms. The lowest BCUT2D eigenvalue weighted by molar-refractivity contribution is -0.121. The van der Waals surface area contributed by atoms with Crippen molar-refractivity contribution in [2.24, 2.45) is 17.5 Å². The fraction of sp³-hybridized carbons (Fsp3) is 0.889. The van der Waals surface area contributed by atoms with Crippen LogP contribution in [0, 0.1) is 5.92 Å². The van der Waals surface area contributed by atoms with E-state index in [-0.39, 0.29) is 23.1 Å². The molecule has 2 atom stereocenters. The van der Waals surface area contributed by atoms with Crippen LogP contribution in [0.3, 0.4) is 0 Å². The maximum atomic E-state index is 11.4. The number of hydrogen-bond donors (Lipinski definition) is 3. The molecule has 5 heteroatoms. The SMILES string of the molecule is CCC(N)CSC(C(=O)NN)C(C)C. The zero-order valence-corrected chi connectivity index (χ0v) is 9.93. The van der Waals surface area contributed by atoms with Crippen LogP contribution < -0.4 is 17.0 Å². The molecule has 0 aromatic heterocycles. The maximum absolute atomic E-state index is 11.4. The minimum Gasteiger partial charge on any atom is -0.327 e. The molecule has 0 radical (unpaired) electrons. The van der Waals surface area contributed by atoms with Crippen LogP contribution in [-0.2, 0) is 4.79 Å². The topological polar surface area (TPSA) is 81.1 Å². The fourth-order valence-corrected chi connectivity index (χ4v) is 2.29. The third kappa shape index (κ3) is 4.83. The summed E-state index contributed by atoms with van der Waals surface area (Å²) in [6.45, 7) is 6.05. The molecule has 0 aromatic rings. The van der Waals surface area contributed by atoms with E-state index in [1.807, 2.05) is 20.8 Å². The molecule has 0 spiro atoms. The Morgan fingerprint density at radius 3 is 2.43 bits per heavy atom. The Bertz CT molecular complexity index is 175. The van der Waals surface area contributed by atoms with E-state index in [0.717, 1.165) is 12.2 Å². The predicted molar refractivity (Wildman–Crippen MR) is 61.7 cm³/mol. The molecule has 0 rings (SSSR count). The third-order valence-corrected chi connectivity index (χ3v) is 3.76. The first kappa shape index (κ1) is 13.7. The van der Waals surface area contributed by atoms with Gasteiger partial charge in [0.05, 0.1) is 5.25 Å². The lowest BCUT2D eigenvalue weighted by Gasteiger charge is -2.19. The Labute approximate surface area is 90.1 Å². The van der Waals surface area contributed by atoms with Gasteiger partial charge in [0.15, 0.2) is 0 Å². The van der Waals surface area contributed by atoms with Gasteiger partial charge in [-0.1, -0.05) is 20.8 Å². The quantitative estimate of drug-likeness (QED) is 0.345. The van der Waals surface area contributed by atoms with Crippen LogP contribution in [0.4, 0.5) is 0 Å². The molecule has 0 aromatic carbocycles. The summed E-state index contributed by atoms with van der Waals surface area (Å²) in [5.41, 5.74) is 7.97. The highest BCUT2D eigenvalue weighted by atomic mass is 32.2. The second-order valence-corrected chi connectivity index (χ2v) is 4.85. The van der Waals surface area contributed by atoms with Crippen LogP contribution in [0.25, 0.3) is 0 Å². The molecule has 84 valence electrons. The van der Waals surface area contributed by atoms with Gasteiger partial charge in [-0.25, -0.2) is 5.84 Å². The monoisotopic (exact) mass is 219 g/mol. The van der Waals surface area contributed by atoms with Crippen LogP contribution in [-0.4, -0.2) is 23.0 Å². The van der Waals surface area contributed by atoms with Crippen LogP contribution in [0.2, 0.25) is 0 Å². The van der Waals surface area contributed by atoms with Crippen molar-refractivity contribution in [1.29, 1.82) is 0 Å². The second kappa shape index (κ2) is 7.09. The average molecular weight is 219 g/mol. The summed E-state index contributed by atoms with van der Waals surface area (Å²) >= 11 is 1.58. The second-order valence-electron chi connectivity index (χ2n) is 3.67. The molecule has 1 amide bonds. The van der Waals surface area contributed by atoms with Gasteiger partial charge in [0, 0.05) is 11.8 Å². The number of hydrazine groups is 1. The third-order valence-electron chi connectivity index (χ3n) is 2.02. The predicted octanol–water partition coefficient (Wildman–Crippen LogP) is 0.471. The molecule has 0 fully saturated rings. The summed E-state index contributed by atoms with van der Waals surface area (Å²) in [5, 5.41) is -0.0994. The van der Waals surface area contributed by atoms with Crippen LogP contribution in [0.1, 0.15) is 27.2 Å². The van der Waals surface area contributed by atoms with E-state index >= 15 is 0 Å². The van der Waals surface area contributed by atoms with Gasteiger partial charge < -0.3 is 5.73 Å². The highest BCUT2D eigenvalue weighted by Gasteiger charge is 2.22. The van der Waals surface area contributed by atoms with E-state index in [0.29, 0.717) is 0 Å². The summed E-state index contributed by atoms with van der Waals surface area (Å²) in [5.74, 6) is 6.06. The number of amides is 1. The lowest BCUT2D eigenvalue weighted by atomic mass is 10.1. The van der Waals surface area contributed by atoms with Gasteiger partial charge in [-0.15, -0.1) is 11.8 Å². The number of nitrogens with two attached hydrogens (primary N) is 2. The smallest absolute Gasteiger partial charge is 0.247 e. The largest absolute Gasteiger partial charge is 0.327 e. The zero-order valence-electron chi connectivity index (χ0n) is 9.12. The van der Waals surface area contributed by atoms with E-state index in [1.54, 1.807) is 11.8 Å². The van der Waals surface area contributed by atoms with Crippen LogP contribution in [0.5, 0.6) is 0 Å². The van der Waals surface area contributed by atoms with Gasteiger partial charge in [-0.05, 0) is 12.3 Å². The Morgan fingerprint density at radius 2 is 2.07 bits per heavy atom. The molecule has 0 saturated carbocycles. The molecular formula is C9H21N3OS. The van der Waals surface area contributed by atoms with E-state index < -0.39 is 0 Å². The molecule has 0 saturated heterocycles. The van der Waals surface area contributed by atoms with Crippen molar-refractivity contribution in [3.8, 4) is 0 Å². The van der Waals surface area contributed by atoms with Crippen LogP contribution in [0.15, 0.2) is 0 Å². The minimum absolute atomic E-state index is 0.0994. The van der Waals surface area contributed by atoms with E-state index in [9.17, 15) is 4.79 Å². The normalized spacial score (nSPS) is 15.3. The van der Waals surface area contributed by atoms with Crippen molar-refractivity contribution < 1.29 is 4.79 Å². The maximum Gasteiger partial charge on any atom is 0.247 e. The average Bonchev–Trinajstić information content (AvgIpc) is 2.16. The summed E-state index contributed by atoms with van der Waals surface area (Å²) in [6.07, 6.45) is 0.933. The van der Waals surface area contributed by atoms with Gasteiger partial charge in [-0.2, -0.15) is 0 Å². The first-order valence-corrected chi connectivity index (χ1v) is 5.95. The van der Waals surface area contributed by atoms with Gasteiger partial charge in [0.2, 0.25) is 5.91 Å². The Balaban J connectivity index is 4.04. The van der Waals surface area contributed by atoms with Crippen molar-refractivity contribution in [3.63, 3.8) is 0 Å². The van der Waals surface area contributed by atoms with Crippen molar-refractivity contribution in [3.05, 3.63) is 0 Å². The first-order valence-electron chi connectivity index (χ1n) is 4.90. The van der Waals surface area contributed by atoms with E-state index in [2.05, 4.69) is 5.43 Å². The van der Waals surface area contributed by atoms with Crippen molar-refractivity contribution in [2.45, 2.75) is 38.5 Å². The fourth-order valence-electron chi connectivity index (χ4n) is 0.998. The van der Waals surface area contributed by atoms with Crippen molar-refractivity contribution in [2.75, 3.05) is 5.75 Å². The molecular weight excluding hydrogens is 198 g/mol. The summed E-state index contributed by atoms with van der Waals surface area (Å²) in [6, 6.07) is 0.159. The molecule has 0 heterocycles. The zero-order chi connectivity index (χ0) is 11.1. The number of hydrogen-bond acceptors (Lipinski definition) is 4. The molecule has 5 N–H and O–H groups in total. The Hall–Kier alpha value is -0.260. The van der Waals surface area contributed by atoms with Gasteiger partial charge in [-0.3, -0.25) is 10.2 Å². The molecule has 4 nitrogen and oxygen atoms in total. The van der Waals surface area contributed by atoms with Gasteiger partial charge >= 0.3 is 0 Å². The molecule has 14 heavy (non-hydrogen) atoms. The summed E-state index contributed by atoms with van der Waals surface area (Å²) in [7, 11) is 0. The number of thioether (sulfide) groups is 1. The van der Waals surface area contributed by atoms with Crippen molar-refractivity contribution >= 4 is 17.7 Å². The van der Waals surface area contributed by atoms with Gasteiger partial charge in [0.25, 0.3) is 0 Å². The molecule has 0 aliphatic carbocycles. The highest BCUT2D eigenvalue weighted by Crippen LogP contribution is 2.20. The summed E-state index contributed by atoms with van der Waals surface area (Å²) in [4.78, 5) is 11.4. The Morgan fingerprint density at radius 1 is 1.50 bits per heavy atom. The standard InChI is InChI=1S/C9H21N3OS/c1-4-7(10)5-14-8(6(2)3)9(13)12-11/h6-8H,4-5,10-11H2,1-3H3,(H,12,13). The minimum atomic E-state index is -0.117. The first-order chi connectivity index (χ1) is 6.52. The number of rotatable bonds is 6. The summed E-state index contributed by atoms with van der Waals surface area (Å²) < 4.78 is 0. The number of carbonyl (C=O) groups is 1. The molecule has 0 aliphatic heterocycles. The van der Waals surface area contributed by atoms with E-state index in [4.69, 9.17) is 11.6 Å². The molecule has 2 unspecified atom stereocenters. The molecule has 0 aliphatic rings. The van der Waals surface area contributed by atoms with Gasteiger partial charge in [0.1, 0.15) is 0 Å². The Kier molecular flexibility index (Phi) is 6.96.